The van der Waals surface area contributed by atoms with E-state index in [9.17, 15) is 9.18 Å². The van der Waals surface area contributed by atoms with Gasteiger partial charge in [-0.1, -0.05) is 60.7 Å². The molecule has 1 aliphatic rings. The molecule has 5 aromatic rings. The Morgan fingerprint density at radius 2 is 1.69 bits per heavy atom. The van der Waals surface area contributed by atoms with Crippen molar-refractivity contribution >= 4 is 45.4 Å². The van der Waals surface area contributed by atoms with Crippen LogP contribution in [0.5, 0.6) is 5.75 Å². The summed E-state index contributed by atoms with van der Waals surface area (Å²) in [6, 6.07) is 31.3. The average Bonchev–Trinajstić information content (AvgIpc) is 3.58. The summed E-state index contributed by atoms with van der Waals surface area (Å²) in [7, 11) is 0. The Kier molecular flexibility index (Phi) is 6.97. The molecule has 0 atom stereocenters. The minimum atomic E-state index is -0.293. The Morgan fingerprint density at radius 3 is 2.49 bits per heavy atom. The van der Waals surface area contributed by atoms with Gasteiger partial charge in [0.25, 0.3) is 5.91 Å². The van der Waals surface area contributed by atoms with Crippen LogP contribution in [0, 0.1) is 5.82 Å². The fraction of sp³-hybridized carbons (Fsp3) is 0.0625. The van der Waals surface area contributed by atoms with Gasteiger partial charge in [0.15, 0.2) is 5.17 Å². The van der Waals surface area contributed by atoms with Crippen molar-refractivity contribution in [2.75, 3.05) is 0 Å². The number of rotatable bonds is 7. The van der Waals surface area contributed by atoms with Crippen LogP contribution in [-0.4, -0.2) is 16.0 Å². The summed E-state index contributed by atoms with van der Waals surface area (Å²) in [6.45, 7) is 0.534. The molecule has 192 valence electrons. The average molecular weight is 535 g/mol. The van der Waals surface area contributed by atoms with Gasteiger partial charge in [-0.2, -0.15) is 0 Å². The van der Waals surface area contributed by atoms with Gasteiger partial charge in [0.05, 0.1) is 23.4 Å². The lowest BCUT2D eigenvalue weighted by atomic mass is 10.0. The van der Waals surface area contributed by atoms with Crippen LogP contribution in [0.3, 0.4) is 0 Å². The molecular formula is C32H23FN2O3S. The first kappa shape index (κ1) is 24.7. The first-order chi connectivity index (χ1) is 19.1. The van der Waals surface area contributed by atoms with E-state index in [0.717, 1.165) is 27.6 Å². The Balaban J connectivity index is 1.39. The molecule has 0 aliphatic carbocycles. The standard InChI is InChI=1S/C32H23FN2O3S/c33-24-15-12-22(13-16-24)21-38-29-17-14-23-7-4-5-11-27(23)28(29)19-30-31(36)35(20-26-10-6-18-37-26)32(39-30)34-25-8-2-1-3-9-25/h1-19H,20-21H2. The molecular weight excluding hydrogens is 511 g/mol. The van der Waals surface area contributed by atoms with Crippen LogP contribution in [0.25, 0.3) is 16.8 Å². The van der Waals surface area contributed by atoms with Crippen molar-refractivity contribution in [2.45, 2.75) is 13.2 Å². The lowest BCUT2D eigenvalue weighted by Gasteiger charge is -2.14. The highest BCUT2D eigenvalue weighted by atomic mass is 32.2. The summed E-state index contributed by atoms with van der Waals surface area (Å²) in [4.78, 5) is 20.7. The molecule has 0 saturated carbocycles. The molecule has 1 amide bonds. The lowest BCUT2D eigenvalue weighted by molar-refractivity contribution is -0.122. The summed E-state index contributed by atoms with van der Waals surface area (Å²) in [5.41, 5.74) is 2.40. The minimum absolute atomic E-state index is 0.163. The zero-order valence-electron chi connectivity index (χ0n) is 20.8. The molecule has 1 aromatic heterocycles. The van der Waals surface area contributed by atoms with E-state index in [0.29, 0.717) is 21.6 Å². The molecule has 5 nitrogen and oxygen atoms in total. The molecule has 1 fully saturated rings. The summed E-state index contributed by atoms with van der Waals surface area (Å²) in [5.74, 6) is 0.839. The van der Waals surface area contributed by atoms with Crippen LogP contribution < -0.4 is 4.74 Å². The molecule has 2 heterocycles. The van der Waals surface area contributed by atoms with Crippen molar-refractivity contribution in [3.63, 3.8) is 0 Å². The number of hydrogen-bond donors (Lipinski definition) is 0. The van der Waals surface area contributed by atoms with Crippen LogP contribution in [-0.2, 0) is 17.9 Å². The normalized spacial score (nSPS) is 15.5. The van der Waals surface area contributed by atoms with Crippen LogP contribution >= 0.6 is 11.8 Å². The number of amidine groups is 1. The Labute approximate surface area is 229 Å². The number of carbonyl (C=O) groups excluding carboxylic acids is 1. The number of amides is 1. The molecule has 1 aliphatic heterocycles. The first-order valence-corrected chi connectivity index (χ1v) is 13.2. The van der Waals surface area contributed by atoms with Crippen molar-refractivity contribution < 1.29 is 18.3 Å². The second-order valence-corrected chi connectivity index (χ2v) is 9.93. The van der Waals surface area contributed by atoms with Gasteiger partial charge in [-0.25, -0.2) is 9.38 Å². The molecule has 0 spiro atoms. The van der Waals surface area contributed by atoms with Crippen LogP contribution in [0.4, 0.5) is 10.1 Å². The SMILES string of the molecule is O=C1C(=Cc2c(OCc3ccc(F)cc3)ccc3ccccc23)SC(=Nc2ccccc2)N1Cc1ccco1. The van der Waals surface area contributed by atoms with Crippen molar-refractivity contribution in [1.29, 1.82) is 0 Å². The maximum absolute atomic E-state index is 13.7. The summed E-state index contributed by atoms with van der Waals surface area (Å²) < 4.78 is 25.1. The Morgan fingerprint density at radius 1 is 0.897 bits per heavy atom. The number of fused-ring (bicyclic) bond motifs is 1. The van der Waals surface area contributed by atoms with Gasteiger partial charge in [0, 0.05) is 5.56 Å². The maximum Gasteiger partial charge on any atom is 0.267 e. The molecule has 1 saturated heterocycles. The number of ether oxygens (including phenoxy) is 1. The Hall–Kier alpha value is -4.62. The second-order valence-electron chi connectivity index (χ2n) is 8.92. The van der Waals surface area contributed by atoms with Crippen molar-refractivity contribution in [2.24, 2.45) is 4.99 Å². The monoisotopic (exact) mass is 534 g/mol. The van der Waals surface area contributed by atoms with E-state index in [1.165, 1.54) is 23.9 Å². The highest BCUT2D eigenvalue weighted by Gasteiger charge is 2.34. The highest BCUT2D eigenvalue weighted by molar-refractivity contribution is 8.18. The number of thioether (sulfide) groups is 1. The van der Waals surface area contributed by atoms with Gasteiger partial charge in [-0.3, -0.25) is 9.69 Å². The van der Waals surface area contributed by atoms with Crippen LogP contribution in [0.1, 0.15) is 16.9 Å². The third-order valence-electron chi connectivity index (χ3n) is 6.28. The zero-order chi connectivity index (χ0) is 26.6. The predicted molar refractivity (Wildman–Crippen MR) is 153 cm³/mol. The predicted octanol–water partition coefficient (Wildman–Crippen LogP) is 7.96. The van der Waals surface area contributed by atoms with Gasteiger partial charge in [-0.05, 0) is 76.6 Å². The molecule has 6 rings (SSSR count). The topological polar surface area (TPSA) is 55.0 Å². The van der Waals surface area contributed by atoms with Crippen molar-refractivity contribution in [3.05, 3.63) is 137 Å². The number of carbonyl (C=O) groups is 1. The zero-order valence-corrected chi connectivity index (χ0v) is 21.6. The fourth-order valence-corrected chi connectivity index (χ4v) is 5.30. The number of halogens is 1. The third kappa shape index (κ3) is 5.49. The number of hydrogen-bond acceptors (Lipinski definition) is 5. The summed E-state index contributed by atoms with van der Waals surface area (Å²) >= 11 is 1.32. The van der Waals surface area contributed by atoms with Crippen molar-refractivity contribution in [3.8, 4) is 5.75 Å². The molecule has 0 unspecified atom stereocenters. The number of furan rings is 1. The quantitative estimate of drug-likeness (QED) is 0.199. The van der Waals surface area contributed by atoms with Crippen LogP contribution in [0.15, 0.2) is 124 Å². The summed E-state index contributed by atoms with van der Waals surface area (Å²) in [5, 5.41) is 2.56. The smallest absolute Gasteiger partial charge is 0.267 e. The van der Waals surface area contributed by atoms with E-state index in [1.807, 2.05) is 78.9 Å². The number of benzene rings is 4. The molecule has 0 bridgehead atoms. The van der Waals surface area contributed by atoms with E-state index in [4.69, 9.17) is 14.1 Å². The number of aliphatic imine (C=N–C) groups is 1. The molecule has 0 radical (unpaired) electrons. The lowest BCUT2D eigenvalue weighted by Crippen LogP contribution is -2.28. The molecule has 0 N–H and O–H groups in total. The maximum atomic E-state index is 13.7. The molecule has 4 aromatic carbocycles. The minimum Gasteiger partial charge on any atom is -0.488 e. The van der Waals surface area contributed by atoms with E-state index < -0.39 is 0 Å². The number of nitrogens with zero attached hydrogens (tertiary/aromatic N) is 2. The molecule has 7 heteroatoms. The van der Waals surface area contributed by atoms with Gasteiger partial charge in [0.1, 0.15) is 23.9 Å². The van der Waals surface area contributed by atoms with Gasteiger partial charge < -0.3 is 9.15 Å². The van der Waals surface area contributed by atoms with E-state index in [-0.39, 0.29) is 24.9 Å². The number of para-hydroxylation sites is 1. The van der Waals surface area contributed by atoms with Crippen molar-refractivity contribution in [1.82, 2.24) is 4.90 Å². The van der Waals surface area contributed by atoms with E-state index >= 15 is 0 Å². The molecule has 39 heavy (non-hydrogen) atoms. The summed E-state index contributed by atoms with van der Waals surface area (Å²) in [6.07, 6.45) is 3.46. The third-order valence-corrected chi connectivity index (χ3v) is 7.28. The van der Waals surface area contributed by atoms with E-state index in [2.05, 4.69) is 0 Å². The van der Waals surface area contributed by atoms with Gasteiger partial charge >= 0.3 is 0 Å². The fourth-order valence-electron chi connectivity index (χ4n) is 4.33. The van der Waals surface area contributed by atoms with E-state index in [1.54, 1.807) is 29.4 Å². The Bertz CT molecular complexity index is 1680. The second kappa shape index (κ2) is 11.0. The van der Waals surface area contributed by atoms with Gasteiger partial charge in [0.2, 0.25) is 0 Å². The highest BCUT2D eigenvalue weighted by Crippen LogP contribution is 2.38. The van der Waals surface area contributed by atoms with Gasteiger partial charge in [-0.15, -0.1) is 0 Å². The largest absolute Gasteiger partial charge is 0.488 e. The first-order valence-electron chi connectivity index (χ1n) is 12.4. The van der Waals surface area contributed by atoms with Crippen LogP contribution in [0.2, 0.25) is 0 Å².